The van der Waals surface area contributed by atoms with Crippen LogP contribution in [0.4, 0.5) is 5.69 Å². The lowest BCUT2D eigenvalue weighted by Gasteiger charge is -2.22. The summed E-state index contributed by atoms with van der Waals surface area (Å²) in [5.74, 6) is -0.220. The normalized spacial score (nSPS) is 13.9. The first kappa shape index (κ1) is 23.1. The van der Waals surface area contributed by atoms with Gasteiger partial charge in [-0.15, -0.1) is 0 Å². The standard InChI is InChI=1S/C22H31N3O3S/c1-6-25(7-2)29(27,28)21-15-20(14-13-16(21)3)24-22(26)18(5)23-17(4)19-11-9-8-10-12-19/h8-15,17-18,23H,6-7H2,1-5H3,(H,24,26)/t17-,18-/m0/s1. The zero-order valence-electron chi connectivity index (χ0n) is 17.8. The van der Waals surface area contributed by atoms with E-state index >= 15 is 0 Å². The monoisotopic (exact) mass is 417 g/mol. The summed E-state index contributed by atoms with van der Waals surface area (Å²) in [6.45, 7) is 9.96. The molecule has 0 spiro atoms. The van der Waals surface area contributed by atoms with E-state index in [0.29, 0.717) is 24.3 Å². The van der Waals surface area contributed by atoms with Crippen molar-refractivity contribution in [1.82, 2.24) is 9.62 Å². The van der Waals surface area contributed by atoms with Crippen molar-refractivity contribution < 1.29 is 13.2 Å². The number of sulfonamides is 1. The van der Waals surface area contributed by atoms with Crippen LogP contribution in [0.1, 0.15) is 44.9 Å². The molecular formula is C22H31N3O3S. The Hall–Kier alpha value is -2.22. The summed E-state index contributed by atoms with van der Waals surface area (Å²) in [5.41, 5.74) is 2.21. The summed E-state index contributed by atoms with van der Waals surface area (Å²) >= 11 is 0. The average molecular weight is 418 g/mol. The van der Waals surface area contributed by atoms with Crippen molar-refractivity contribution in [3.63, 3.8) is 0 Å². The minimum absolute atomic E-state index is 0.00794. The van der Waals surface area contributed by atoms with E-state index in [4.69, 9.17) is 0 Å². The Morgan fingerprint density at radius 2 is 1.66 bits per heavy atom. The highest BCUT2D eigenvalue weighted by atomic mass is 32.2. The van der Waals surface area contributed by atoms with Crippen LogP contribution in [-0.4, -0.2) is 37.8 Å². The first-order valence-electron chi connectivity index (χ1n) is 9.93. The quantitative estimate of drug-likeness (QED) is 0.652. The second-order valence-corrected chi connectivity index (χ2v) is 8.99. The SMILES string of the molecule is CCN(CC)S(=O)(=O)c1cc(NC(=O)[C@H](C)N[C@@H](C)c2ccccc2)ccc1C. The Morgan fingerprint density at radius 1 is 1.03 bits per heavy atom. The molecule has 2 aromatic rings. The van der Waals surface area contributed by atoms with Gasteiger partial charge in [0.1, 0.15) is 0 Å². The van der Waals surface area contributed by atoms with Crippen LogP contribution in [0.15, 0.2) is 53.4 Å². The predicted octanol–water partition coefficient (Wildman–Crippen LogP) is 3.70. The molecule has 0 unspecified atom stereocenters. The lowest BCUT2D eigenvalue weighted by molar-refractivity contribution is -0.117. The van der Waals surface area contributed by atoms with Crippen molar-refractivity contribution >= 4 is 21.6 Å². The molecule has 7 heteroatoms. The molecule has 2 rings (SSSR count). The highest BCUT2D eigenvalue weighted by molar-refractivity contribution is 7.89. The van der Waals surface area contributed by atoms with Crippen molar-refractivity contribution in [1.29, 1.82) is 0 Å². The van der Waals surface area contributed by atoms with Gasteiger partial charge in [-0.2, -0.15) is 4.31 Å². The van der Waals surface area contributed by atoms with Gasteiger partial charge in [-0.05, 0) is 44.0 Å². The van der Waals surface area contributed by atoms with Gasteiger partial charge in [0.05, 0.1) is 10.9 Å². The topological polar surface area (TPSA) is 78.5 Å². The number of rotatable bonds is 9. The molecule has 0 aliphatic heterocycles. The van der Waals surface area contributed by atoms with Crippen LogP contribution < -0.4 is 10.6 Å². The smallest absolute Gasteiger partial charge is 0.243 e. The van der Waals surface area contributed by atoms with Gasteiger partial charge < -0.3 is 5.32 Å². The van der Waals surface area contributed by atoms with Gasteiger partial charge in [-0.3, -0.25) is 10.1 Å². The number of carbonyl (C=O) groups is 1. The van der Waals surface area contributed by atoms with Crippen LogP contribution in [0.25, 0.3) is 0 Å². The highest BCUT2D eigenvalue weighted by Gasteiger charge is 2.24. The number of anilines is 1. The van der Waals surface area contributed by atoms with Gasteiger partial charge in [-0.1, -0.05) is 50.2 Å². The second-order valence-electron chi connectivity index (χ2n) is 7.08. The minimum Gasteiger partial charge on any atom is -0.325 e. The molecule has 0 radical (unpaired) electrons. The predicted molar refractivity (Wildman–Crippen MR) is 117 cm³/mol. The van der Waals surface area contributed by atoms with Crippen molar-refractivity contribution in [2.24, 2.45) is 0 Å². The van der Waals surface area contributed by atoms with Gasteiger partial charge in [0, 0.05) is 24.8 Å². The molecule has 6 nitrogen and oxygen atoms in total. The fourth-order valence-electron chi connectivity index (χ4n) is 3.20. The summed E-state index contributed by atoms with van der Waals surface area (Å²) in [7, 11) is -3.60. The Balaban J connectivity index is 2.14. The van der Waals surface area contributed by atoms with Gasteiger partial charge in [0.25, 0.3) is 0 Å². The minimum atomic E-state index is -3.60. The summed E-state index contributed by atoms with van der Waals surface area (Å²) in [4.78, 5) is 12.9. The number of hydrogen-bond acceptors (Lipinski definition) is 4. The zero-order chi connectivity index (χ0) is 21.6. The van der Waals surface area contributed by atoms with Gasteiger partial charge in [-0.25, -0.2) is 8.42 Å². The fourth-order valence-corrected chi connectivity index (χ4v) is 4.91. The maximum absolute atomic E-state index is 12.9. The summed E-state index contributed by atoms with van der Waals surface area (Å²) in [6.07, 6.45) is 0. The van der Waals surface area contributed by atoms with Crippen LogP contribution in [0, 0.1) is 6.92 Å². The molecule has 0 saturated carbocycles. The number of benzene rings is 2. The van der Waals surface area contributed by atoms with E-state index in [1.807, 2.05) is 51.1 Å². The Kier molecular flexibility index (Phi) is 7.96. The van der Waals surface area contributed by atoms with Crippen LogP contribution in [-0.2, 0) is 14.8 Å². The molecule has 29 heavy (non-hydrogen) atoms. The van der Waals surface area contributed by atoms with Gasteiger partial charge in [0.15, 0.2) is 0 Å². The van der Waals surface area contributed by atoms with Crippen molar-refractivity contribution in [3.8, 4) is 0 Å². The summed E-state index contributed by atoms with van der Waals surface area (Å²) in [5, 5.41) is 6.10. The lowest BCUT2D eigenvalue weighted by atomic mass is 10.1. The molecule has 0 aliphatic carbocycles. The van der Waals surface area contributed by atoms with E-state index in [2.05, 4.69) is 10.6 Å². The molecule has 158 valence electrons. The molecule has 2 atom stereocenters. The number of nitrogens with one attached hydrogen (secondary N) is 2. The summed E-state index contributed by atoms with van der Waals surface area (Å²) in [6, 6.07) is 14.4. The second kappa shape index (κ2) is 10.0. The van der Waals surface area contributed by atoms with Gasteiger partial charge >= 0.3 is 0 Å². The van der Waals surface area contributed by atoms with E-state index in [9.17, 15) is 13.2 Å². The third-order valence-corrected chi connectivity index (χ3v) is 7.16. The number of nitrogens with zero attached hydrogens (tertiary/aromatic N) is 1. The molecular weight excluding hydrogens is 386 g/mol. The van der Waals surface area contributed by atoms with Crippen molar-refractivity contribution in [2.75, 3.05) is 18.4 Å². The molecule has 2 N–H and O–H groups in total. The average Bonchev–Trinajstić information content (AvgIpc) is 2.70. The number of carbonyl (C=O) groups excluding carboxylic acids is 1. The number of amides is 1. The molecule has 0 fully saturated rings. The molecule has 2 aromatic carbocycles. The van der Waals surface area contributed by atoms with Crippen LogP contribution in [0.2, 0.25) is 0 Å². The van der Waals surface area contributed by atoms with Gasteiger partial charge in [0.2, 0.25) is 15.9 Å². The van der Waals surface area contributed by atoms with E-state index in [-0.39, 0.29) is 16.8 Å². The highest BCUT2D eigenvalue weighted by Crippen LogP contribution is 2.24. The van der Waals surface area contributed by atoms with Crippen molar-refractivity contribution in [3.05, 3.63) is 59.7 Å². The first-order valence-corrected chi connectivity index (χ1v) is 11.4. The third-order valence-electron chi connectivity index (χ3n) is 4.97. The Labute approximate surface area is 174 Å². The molecule has 0 bridgehead atoms. The third kappa shape index (κ3) is 5.65. The van der Waals surface area contributed by atoms with E-state index in [1.54, 1.807) is 26.0 Å². The zero-order valence-corrected chi connectivity index (χ0v) is 18.6. The number of aryl methyl sites for hydroxylation is 1. The van der Waals surface area contributed by atoms with E-state index in [0.717, 1.165) is 5.56 Å². The molecule has 0 aromatic heterocycles. The maximum atomic E-state index is 12.9. The van der Waals surface area contributed by atoms with E-state index < -0.39 is 16.1 Å². The van der Waals surface area contributed by atoms with Crippen molar-refractivity contribution in [2.45, 2.75) is 51.6 Å². The largest absolute Gasteiger partial charge is 0.325 e. The van der Waals surface area contributed by atoms with Crippen LogP contribution in [0.3, 0.4) is 0 Å². The Bertz CT molecular complexity index is 926. The van der Waals surface area contributed by atoms with Crippen LogP contribution >= 0.6 is 0 Å². The maximum Gasteiger partial charge on any atom is 0.243 e. The van der Waals surface area contributed by atoms with Crippen LogP contribution in [0.5, 0.6) is 0 Å². The first-order chi connectivity index (χ1) is 13.7. The molecule has 0 saturated heterocycles. The van der Waals surface area contributed by atoms with E-state index in [1.165, 1.54) is 10.4 Å². The molecule has 1 amide bonds. The fraction of sp³-hybridized carbons (Fsp3) is 0.409. The molecule has 0 heterocycles. The Morgan fingerprint density at radius 3 is 2.24 bits per heavy atom. The lowest BCUT2D eigenvalue weighted by Crippen LogP contribution is -2.39. The number of hydrogen-bond donors (Lipinski definition) is 2. The summed E-state index contributed by atoms with van der Waals surface area (Å²) < 4.78 is 27.2. The molecule has 0 aliphatic rings.